The van der Waals surface area contributed by atoms with E-state index in [1.165, 1.54) is 0 Å². The predicted molar refractivity (Wildman–Crippen MR) is 67.3 cm³/mol. The Bertz CT molecular complexity index is 524. The van der Waals surface area contributed by atoms with E-state index in [1.54, 1.807) is 17.2 Å². The Kier molecular flexibility index (Phi) is 3.38. The van der Waals surface area contributed by atoms with Crippen molar-refractivity contribution in [3.8, 4) is 6.07 Å². The van der Waals surface area contributed by atoms with Crippen LogP contribution in [-0.2, 0) is 4.74 Å². The highest BCUT2D eigenvalue weighted by Crippen LogP contribution is 2.26. The standard InChI is InChI=1S/C13H16N4O2/c1-13(2,3)19-12(18)17-7-9(8-17)10-4-5-15-11(6-14)16-10/h4-5,9H,7-8H2,1-3H3. The van der Waals surface area contributed by atoms with Gasteiger partial charge in [-0.15, -0.1) is 0 Å². The first kappa shape index (κ1) is 13.3. The minimum Gasteiger partial charge on any atom is -0.444 e. The summed E-state index contributed by atoms with van der Waals surface area (Å²) in [6, 6.07) is 3.68. The first-order chi connectivity index (χ1) is 8.89. The molecular formula is C13H16N4O2. The molecule has 1 aliphatic rings. The smallest absolute Gasteiger partial charge is 0.410 e. The second-order valence-electron chi connectivity index (χ2n) is 5.50. The molecule has 0 unspecified atom stereocenters. The van der Waals surface area contributed by atoms with Crippen molar-refractivity contribution in [3.63, 3.8) is 0 Å². The van der Waals surface area contributed by atoms with E-state index in [1.807, 2.05) is 26.8 Å². The molecule has 0 atom stereocenters. The lowest BCUT2D eigenvalue weighted by Gasteiger charge is -2.39. The van der Waals surface area contributed by atoms with Crippen molar-refractivity contribution in [1.29, 1.82) is 5.26 Å². The normalized spacial score (nSPS) is 15.6. The van der Waals surface area contributed by atoms with Gasteiger partial charge < -0.3 is 9.64 Å². The van der Waals surface area contributed by atoms with Crippen molar-refractivity contribution in [2.45, 2.75) is 32.3 Å². The minimum absolute atomic E-state index is 0.155. The van der Waals surface area contributed by atoms with E-state index in [0.717, 1.165) is 5.69 Å². The Balaban J connectivity index is 1.93. The van der Waals surface area contributed by atoms with Gasteiger partial charge in [-0.25, -0.2) is 14.8 Å². The average Bonchev–Trinajstić information content (AvgIpc) is 2.25. The van der Waals surface area contributed by atoms with E-state index in [-0.39, 0.29) is 17.8 Å². The van der Waals surface area contributed by atoms with Crippen LogP contribution in [0.5, 0.6) is 0 Å². The fourth-order valence-electron chi connectivity index (χ4n) is 1.80. The van der Waals surface area contributed by atoms with Crippen LogP contribution in [0.4, 0.5) is 4.79 Å². The van der Waals surface area contributed by atoms with Gasteiger partial charge in [-0.2, -0.15) is 5.26 Å². The summed E-state index contributed by atoms with van der Waals surface area (Å²) < 4.78 is 5.27. The summed E-state index contributed by atoms with van der Waals surface area (Å²) in [5, 5.41) is 8.74. The van der Waals surface area contributed by atoms with Crippen LogP contribution in [-0.4, -0.2) is 39.7 Å². The molecule has 1 amide bonds. The molecule has 1 aliphatic heterocycles. The summed E-state index contributed by atoms with van der Waals surface area (Å²) in [6.07, 6.45) is 1.26. The molecule has 1 saturated heterocycles. The lowest BCUT2D eigenvalue weighted by Crippen LogP contribution is -2.50. The molecule has 0 spiro atoms. The molecular weight excluding hydrogens is 244 g/mol. The first-order valence-electron chi connectivity index (χ1n) is 6.10. The number of likely N-dealkylation sites (tertiary alicyclic amines) is 1. The van der Waals surface area contributed by atoms with Crippen LogP contribution in [0.3, 0.4) is 0 Å². The van der Waals surface area contributed by atoms with Gasteiger partial charge in [-0.3, -0.25) is 0 Å². The zero-order chi connectivity index (χ0) is 14.0. The summed E-state index contributed by atoms with van der Waals surface area (Å²) in [5.41, 5.74) is 0.316. The fourth-order valence-corrected chi connectivity index (χ4v) is 1.80. The number of rotatable bonds is 1. The maximum Gasteiger partial charge on any atom is 0.410 e. The summed E-state index contributed by atoms with van der Waals surface area (Å²) in [6.45, 7) is 6.65. The van der Waals surface area contributed by atoms with Gasteiger partial charge in [-0.1, -0.05) is 0 Å². The molecule has 6 heteroatoms. The number of hydrogen-bond acceptors (Lipinski definition) is 5. The summed E-state index contributed by atoms with van der Waals surface area (Å²) in [4.78, 5) is 21.3. The van der Waals surface area contributed by atoms with Gasteiger partial charge in [0.1, 0.15) is 11.7 Å². The second kappa shape index (κ2) is 4.84. The third-order valence-corrected chi connectivity index (χ3v) is 2.73. The SMILES string of the molecule is CC(C)(C)OC(=O)N1CC(c2ccnc(C#N)n2)C1. The third kappa shape index (κ3) is 3.19. The number of carbonyl (C=O) groups excluding carboxylic acids is 1. The Morgan fingerprint density at radius 3 is 2.79 bits per heavy atom. The van der Waals surface area contributed by atoms with Crippen molar-refractivity contribution in [2.75, 3.05) is 13.1 Å². The number of aromatic nitrogens is 2. The van der Waals surface area contributed by atoms with E-state index in [2.05, 4.69) is 9.97 Å². The van der Waals surface area contributed by atoms with Gasteiger partial charge in [0.05, 0.1) is 5.69 Å². The minimum atomic E-state index is -0.481. The van der Waals surface area contributed by atoms with Crippen LogP contribution >= 0.6 is 0 Å². The summed E-state index contributed by atoms with van der Waals surface area (Å²) in [5.74, 6) is 0.316. The second-order valence-corrected chi connectivity index (χ2v) is 5.50. The number of ether oxygens (including phenoxy) is 1. The Hall–Kier alpha value is -2.16. The van der Waals surface area contributed by atoms with Crippen LogP contribution in [0.25, 0.3) is 0 Å². The van der Waals surface area contributed by atoms with Gasteiger partial charge in [0.2, 0.25) is 5.82 Å². The Labute approximate surface area is 112 Å². The molecule has 2 heterocycles. The van der Waals surface area contributed by atoms with Gasteiger partial charge in [0.25, 0.3) is 0 Å². The molecule has 1 fully saturated rings. The van der Waals surface area contributed by atoms with Crippen molar-refractivity contribution in [3.05, 3.63) is 23.8 Å². The fraction of sp³-hybridized carbons (Fsp3) is 0.538. The maximum absolute atomic E-state index is 11.8. The lowest BCUT2D eigenvalue weighted by molar-refractivity contribution is 0.00786. The Morgan fingerprint density at radius 2 is 2.21 bits per heavy atom. The maximum atomic E-state index is 11.8. The average molecular weight is 260 g/mol. The zero-order valence-electron chi connectivity index (χ0n) is 11.3. The van der Waals surface area contributed by atoms with Crippen molar-refractivity contribution in [2.24, 2.45) is 0 Å². The van der Waals surface area contributed by atoms with E-state index >= 15 is 0 Å². The summed E-state index contributed by atoms with van der Waals surface area (Å²) >= 11 is 0. The molecule has 0 saturated carbocycles. The molecule has 0 bridgehead atoms. The van der Waals surface area contributed by atoms with Crippen LogP contribution in [0.15, 0.2) is 12.3 Å². The number of hydrogen-bond donors (Lipinski definition) is 0. The van der Waals surface area contributed by atoms with Crippen LogP contribution in [0, 0.1) is 11.3 Å². The highest BCUT2D eigenvalue weighted by Gasteiger charge is 2.35. The third-order valence-electron chi connectivity index (χ3n) is 2.73. The molecule has 6 nitrogen and oxygen atoms in total. The molecule has 1 aromatic heterocycles. The molecule has 0 aromatic carbocycles. The zero-order valence-corrected chi connectivity index (χ0v) is 11.3. The molecule has 19 heavy (non-hydrogen) atoms. The predicted octanol–water partition coefficient (Wildman–Crippen LogP) is 1.68. The van der Waals surface area contributed by atoms with Crippen LogP contribution in [0.2, 0.25) is 0 Å². The molecule has 0 N–H and O–H groups in total. The number of nitriles is 1. The molecule has 0 radical (unpaired) electrons. The molecule has 1 aromatic rings. The van der Waals surface area contributed by atoms with Gasteiger partial charge >= 0.3 is 6.09 Å². The highest BCUT2D eigenvalue weighted by atomic mass is 16.6. The number of carbonyl (C=O) groups is 1. The van der Waals surface area contributed by atoms with Crippen molar-refractivity contribution >= 4 is 6.09 Å². The van der Waals surface area contributed by atoms with E-state index < -0.39 is 5.60 Å². The van der Waals surface area contributed by atoms with Crippen molar-refractivity contribution < 1.29 is 9.53 Å². The van der Waals surface area contributed by atoms with Crippen LogP contribution in [0.1, 0.15) is 38.2 Å². The van der Waals surface area contributed by atoms with E-state index in [9.17, 15) is 4.79 Å². The van der Waals surface area contributed by atoms with E-state index in [0.29, 0.717) is 13.1 Å². The van der Waals surface area contributed by atoms with E-state index in [4.69, 9.17) is 10.00 Å². The quantitative estimate of drug-likeness (QED) is 0.767. The van der Waals surface area contributed by atoms with Gasteiger partial charge in [0.15, 0.2) is 0 Å². The number of nitrogens with zero attached hydrogens (tertiary/aromatic N) is 4. The molecule has 100 valence electrons. The van der Waals surface area contributed by atoms with Crippen LogP contribution < -0.4 is 0 Å². The topological polar surface area (TPSA) is 79.1 Å². The van der Waals surface area contributed by atoms with Crippen molar-refractivity contribution in [1.82, 2.24) is 14.9 Å². The van der Waals surface area contributed by atoms with Gasteiger partial charge in [0, 0.05) is 25.2 Å². The largest absolute Gasteiger partial charge is 0.444 e. The number of amides is 1. The molecule has 2 rings (SSSR count). The molecule has 0 aliphatic carbocycles. The monoisotopic (exact) mass is 260 g/mol. The lowest BCUT2D eigenvalue weighted by atomic mass is 9.96. The highest BCUT2D eigenvalue weighted by molar-refractivity contribution is 5.69. The first-order valence-corrected chi connectivity index (χ1v) is 6.10. The Morgan fingerprint density at radius 1 is 1.53 bits per heavy atom. The van der Waals surface area contributed by atoms with Gasteiger partial charge in [-0.05, 0) is 26.8 Å². The summed E-state index contributed by atoms with van der Waals surface area (Å²) in [7, 11) is 0.